The number of nitrogens with zero attached hydrogens (tertiary/aromatic N) is 1. The topological polar surface area (TPSA) is 72.0 Å². The molecule has 0 bridgehead atoms. The van der Waals surface area contributed by atoms with Crippen LogP contribution in [-0.4, -0.2) is 22.2 Å². The van der Waals surface area contributed by atoms with Crippen molar-refractivity contribution in [3.05, 3.63) is 56.4 Å². The summed E-state index contributed by atoms with van der Waals surface area (Å²) in [6.07, 6.45) is 1.33. The van der Waals surface area contributed by atoms with Gasteiger partial charge in [-0.25, -0.2) is 9.78 Å². The Morgan fingerprint density at radius 2 is 1.96 bits per heavy atom. The molecule has 25 heavy (non-hydrogen) atoms. The van der Waals surface area contributed by atoms with Crippen LogP contribution in [0.25, 0.3) is 10.2 Å². The number of ether oxygens (including phenoxy) is 1. The Balaban J connectivity index is 1.85. The monoisotopic (exact) mass is 374 g/mol. The first-order valence-electron chi connectivity index (χ1n) is 7.75. The van der Waals surface area contributed by atoms with Gasteiger partial charge in [-0.15, -0.1) is 23.1 Å². The van der Waals surface area contributed by atoms with E-state index in [4.69, 9.17) is 4.74 Å². The number of hydrogen-bond donors (Lipinski definition) is 1. The fourth-order valence-electron chi connectivity index (χ4n) is 2.48. The van der Waals surface area contributed by atoms with Crippen molar-refractivity contribution >= 4 is 39.3 Å². The Kier molecular flexibility index (Phi) is 4.96. The molecule has 3 aromatic rings. The maximum absolute atomic E-state index is 12.3. The van der Waals surface area contributed by atoms with Gasteiger partial charge in [0.1, 0.15) is 4.83 Å². The van der Waals surface area contributed by atoms with Gasteiger partial charge in [-0.3, -0.25) is 4.79 Å². The minimum absolute atomic E-state index is 0.200. The van der Waals surface area contributed by atoms with Crippen LogP contribution < -0.4 is 5.56 Å². The molecule has 0 fully saturated rings. The van der Waals surface area contributed by atoms with Crippen molar-refractivity contribution in [2.45, 2.75) is 31.8 Å². The van der Waals surface area contributed by atoms with Gasteiger partial charge < -0.3 is 9.72 Å². The second-order valence-corrected chi connectivity index (χ2v) is 7.77. The van der Waals surface area contributed by atoms with Gasteiger partial charge in [-0.1, -0.05) is 0 Å². The Labute approximate surface area is 153 Å². The van der Waals surface area contributed by atoms with Crippen molar-refractivity contribution in [2.75, 3.05) is 6.26 Å². The molecule has 0 saturated carbocycles. The predicted octanol–water partition coefficient (Wildman–Crippen LogP) is 4.24. The van der Waals surface area contributed by atoms with Crippen molar-refractivity contribution in [1.82, 2.24) is 9.97 Å². The number of thioether (sulfide) groups is 1. The van der Waals surface area contributed by atoms with Crippen molar-refractivity contribution in [1.29, 1.82) is 0 Å². The summed E-state index contributed by atoms with van der Waals surface area (Å²) in [7, 11) is 0. The highest BCUT2D eigenvalue weighted by Crippen LogP contribution is 2.27. The Hall–Kier alpha value is -2.12. The van der Waals surface area contributed by atoms with Crippen LogP contribution in [0.1, 0.15) is 39.7 Å². The van der Waals surface area contributed by atoms with Gasteiger partial charge in [0, 0.05) is 9.77 Å². The van der Waals surface area contributed by atoms with E-state index in [0.29, 0.717) is 21.6 Å². The smallest absolute Gasteiger partial charge is 0.338 e. The lowest BCUT2D eigenvalue weighted by atomic mass is 10.2. The SMILES string of the molecule is CSc1ccc(C(=O)O[C@H](C)c2nc3sc(C)c(C)c3c(=O)[nH]2)cc1. The number of esters is 1. The maximum Gasteiger partial charge on any atom is 0.338 e. The number of H-pyrrole nitrogens is 1. The molecule has 0 radical (unpaired) electrons. The van der Waals surface area contributed by atoms with Gasteiger partial charge in [0.25, 0.3) is 5.56 Å². The van der Waals surface area contributed by atoms with Crippen LogP contribution in [-0.2, 0) is 4.74 Å². The van der Waals surface area contributed by atoms with Crippen molar-refractivity contribution in [2.24, 2.45) is 0 Å². The minimum atomic E-state index is -0.646. The standard InChI is InChI=1S/C18H18N2O3S2/c1-9-11(3)25-17-14(9)16(21)19-15(20-17)10(2)23-18(22)12-5-7-13(24-4)8-6-12/h5-8,10H,1-4H3,(H,19,20,21)/t10-/m1/s1. The van der Waals surface area contributed by atoms with E-state index in [1.54, 1.807) is 30.8 Å². The van der Waals surface area contributed by atoms with Gasteiger partial charge in [0.05, 0.1) is 10.9 Å². The first kappa shape index (κ1) is 17.7. The van der Waals surface area contributed by atoms with Crippen LogP contribution in [0.3, 0.4) is 0 Å². The average Bonchev–Trinajstić information content (AvgIpc) is 2.89. The number of fused-ring (bicyclic) bond motifs is 1. The van der Waals surface area contributed by atoms with E-state index in [1.165, 1.54) is 11.3 Å². The highest BCUT2D eigenvalue weighted by molar-refractivity contribution is 7.98. The zero-order valence-electron chi connectivity index (χ0n) is 14.4. The number of benzene rings is 1. The lowest BCUT2D eigenvalue weighted by molar-refractivity contribution is 0.0320. The second-order valence-electron chi connectivity index (χ2n) is 5.69. The van der Waals surface area contributed by atoms with E-state index in [9.17, 15) is 9.59 Å². The summed E-state index contributed by atoms with van der Waals surface area (Å²) >= 11 is 3.08. The molecule has 0 amide bonds. The minimum Gasteiger partial charge on any atom is -0.451 e. The number of carbonyl (C=O) groups excluding carboxylic acids is 1. The van der Waals surface area contributed by atoms with Crippen molar-refractivity contribution in [3.63, 3.8) is 0 Å². The number of aromatic amines is 1. The highest BCUT2D eigenvalue weighted by atomic mass is 32.2. The molecule has 0 unspecified atom stereocenters. The molecular formula is C18H18N2O3S2. The van der Waals surface area contributed by atoms with Gasteiger partial charge in [0.15, 0.2) is 11.9 Å². The summed E-state index contributed by atoms with van der Waals surface area (Å²) in [5, 5.41) is 0.609. The van der Waals surface area contributed by atoms with Crippen LogP contribution in [0.4, 0.5) is 0 Å². The molecule has 0 spiro atoms. The number of rotatable bonds is 4. The molecule has 1 atom stereocenters. The van der Waals surface area contributed by atoms with Crippen LogP contribution in [0, 0.1) is 13.8 Å². The number of hydrogen-bond acceptors (Lipinski definition) is 6. The average molecular weight is 374 g/mol. The van der Waals surface area contributed by atoms with Gasteiger partial charge in [-0.05, 0) is 56.9 Å². The molecule has 0 aliphatic heterocycles. The van der Waals surface area contributed by atoms with Crippen LogP contribution in [0.15, 0.2) is 34.0 Å². The van der Waals surface area contributed by atoms with Gasteiger partial charge in [-0.2, -0.15) is 0 Å². The Bertz CT molecular complexity index is 990. The summed E-state index contributed by atoms with van der Waals surface area (Å²) < 4.78 is 5.46. The van der Waals surface area contributed by atoms with E-state index in [1.807, 2.05) is 32.2 Å². The number of aryl methyl sites for hydroxylation is 2. The number of nitrogens with one attached hydrogen (secondary N) is 1. The Morgan fingerprint density at radius 1 is 1.28 bits per heavy atom. The molecule has 0 aliphatic carbocycles. The molecule has 1 aromatic carbocycles. The molecule has 1 N–H and O–H groups in total. The summed E-state index contributed by atoms with van der Waals surface area (Å²) in [5.41, 5.74) is 1.21. The number of carbonyl (C=O) groups is 1. The molecule has 7 heteroatoms. The zero-order chi connectivity index (χ0) is 18.1. The molecule has 2 aromatic heterocycles. The molecule has 2 heterocycles. The van der Waals surface area contributed by atoms with Crippen LogP contribution >= 0.6 is 23.1 Å². The third kappa shape index (κ3) is 3.48. The zero-order valence-corrected chi connectivity index (χ0v) is 16.0. The molecule has 0 aliphatic rings. The Morgan fingerprint density at radius 3 is 2.60 bits per heavy atom. The predicted molar refractivity (Wildman–Crippen MR) is 102 cm³/mol. The third-order valence-electron chi connectivity index (χ3n) is 4.05. The van der Waals surface area contributed by atoms with Crippen LogP contribution in [0.5, 0.6) is 0 Å². The summed E-state index contributed by atoms with van der Waals surface area (Å²) in [4.78, 5) is 34.6. The molecule has 0 saturated heterocycles. The van der Waals surface area contributed by atoms with Crippen molar-refractivity contribution in [3.8, 4) is 0 Å². The van der Waals surface area contributed by atoms with E-state index in [2.05, 4.69) is 9.97 Å². The summed E-state index contributed by atoms with van der Waals surface area (Å²) in [6.45, 7) is 5.57. The lowest BCUT2D eigenvalue weighted by Crippen LogP contribution is -2.17. The first-order valence-corrected chi connectivity index (χ1v) is 9.79. The molecule has 3 rings (SSSR count). The van der Waals surface area contributed by atoms with E-state index in [0.717, 1.165) is 15.3 Å². The van der Waals surface area contributed by atoms with Crippen molar-refractivity contribution < 1.29 is 9.53 Å². The van der Waals surface area contributed by atoms with E-state index in [-0.39, 0.29) is 5.56 Å². The van der Waals surface area contributed by atoms with E-state index >= 15 is 0 Å². The second kappa shape index (κ2) is 7.01. The van der Waals surface area contributed by atoms with Gasteiger partial charge in [0.2, 0.25) is 0 Å². The number of aromatic nitrogens is 2. The largest absolute Gasteiger partial charge is 0.451 e. The number of thiophene rings is 1. The summed E-state index contributed by atoms with van der Waals surface area (Å²) in [6, 6.07) is 7.20. The van der Waals surface area contributed by atoms with Crippen LogP contribution in [0.2, 0.25) is 0 Å². The van der Waals surface area contributed by atoms with E-state index < -0.39 is 12.1 Å². The highest BCUT2D eigenvalue weighted by Gasteiger charge is 2.19. The first-order chi connectivity index (χ1) is 11.9. The quantitative estimate of drug-likeness (QED) is 0.546. The fraction of sp³-hybridized carbons (Fsp3) is 0.278. The third-order valence-corrected chi connectivity index (χ3v) is 5.90. The maximum atomic E-state index is 12.3. The fourth-order valence-corrected chi connectivity index (χ4v) is 3.92. The molecule has 5 nitrogen and oxygen atoms in total. The molecule has 130 valence electrons. The van der Waals surface area contributed by atoms with Gasteiger partial charge >= 0.3 is 5.97 Å². The lowest BCUT2D eigenvalue weighted by Gasteiger charge is -2.12. The summed E-state index contributed by atoms with van der Waals surface area (Å²) in [5.74, 6) is -0.0886. The molecular weight excluding hydrogens is 356 g/mol. The normalized spacial score (nSPS) is 12.3.